The number of rotatable bonds is 6. The smallest absolute Gasteiger partial charge is 0.191 e. The Balaban J connectivity index is 0.00000361. The van der Waals surface area contributed by atoms with Crippen LogP contribution in [-0.4, -0.2) is 63.3 Å². The second kappa shape index (κ2) is 11.6. The number of nitrogens with zero attached hydrogens (tertiary/aromatic N) is 2. The Morgan fingerprint density at radius 2 is 2.15 bits per heavy atom. The molecule has 0 aromatic rings. The van der Waals surface area contributed by atoms with E-state index < -0.39 is 0 Å². The second-order valence-corrected chi connectivity index (χ2v) is 5.30. The van der Waals surface area contributed by atoms with Gasteiger partial charge in [-0.3, -0.25) is 9.89 Å². The van der Waals surface area contributed by atoms with E-state index in [9.17, 15) is 0 Å². The summed E-state index contributed by atoms with van der Waals surface area (Å²) < 4.78 is 5.02. The molecule has 0 saturated carbocycles. The van der Waals surface area contributed by atoms with Gasteiger partial charge in [-0.05, 0) is 33.2 Å². The molecule has 0 aromatic heterocycles. The first-order chi connectivity index (χ1) is 9.19. The molecule has 6 heteroatoms. The van der Waals surface area contributed by atoms with Gasteiger partial charge in [0.05, 0.1) is 6.61 Å². The Hall–Kier alpha value is -0.0800. The molecule has 5 nitrogen and oxygen atoms in total. The Bertz CT molecular complexity index is 276. The fraction of sp³-hybridized carbons (Fsp3) is 0.929. The normalized spacial score (nSPS) is 22.0. The van der Waals surface area contributed by atoms with Crippen molar-refractivity contribution in [3.05, 3.63) is 0 Å². The van der Waals surface area contributed by atoms with Gasteiger partial charge in [-0.2, -0.15) is 0 Å². The quantitative estimate of drug-likeness (QED) is 0.309. The maximum absolute atomic E-state index is 5.02. The van der Waals surface area contributed by atoms with E-state index in [1.807, 2.05) is 0 Å². The van der Waals surface area contributed by atoms with Crippen molar-refractivity contribution in [2.24, 2.45) is 4.99 Å². The number of piperidine rings is 1. The minimum atomic E-state index is 0. The average Bonchev–Trinajstić information content (AvgIpc) is 2.43. The van der Waals surface area contributed by atoms with Gasteiger partial charge in [-0.15, -0.1) is 24.0 Å². The van der Waals surface area contributed by atoms with Gasteiger partial charge in [-0.1, -0.05) is 6.42 Å². The third-order valence-corrected chi connectivity index (χ3v) is 3.81. The van der Waals surface area contributed by atoms with Crippen LogP contribution < -0.4 is 10.6 Å². The van der Waals surface area contributed by atoms with Crippen molar-refractivity contribution in [2.75, 3.05) is 40.4 Å². The summed E-state index contributed by atoms with van der Waals surface area (Å²) in [5.41, 5.74) is 0. The Morgan fingerprint density at radius 1 is 1.40 bits per heavy atom. The first-order valence-corrected chi connectivity index (χ1v) is 7.38. The summed E-state index contributed by atoms with van der Waals surface area (Å²) in [5.74, 6) is 0.855. The van der Waals surface area contributed by atoms with Gasteiger partial charge in [0.15, 0.2) is 5.96 Å². The Morgan fingerprint density at radius 3 is 2.75 bits per heavy atom. The molecule has 1 fully saturated rings. The molecule has 0 radical (unpaired) electrons. The molecule has 0 amide bonds. The number of guanidine groups is 1. The number of hydrogen-bond acceptors (Lipinski definition) is 3. The van der Waals surface area contributed by atoms with E-state index in [4.69, 9.17) is 4.74 Å². The molecule has 2 N–H and O–H groups in total. The van der Waals surface area contributed by atoms with E-state index in [1.54, 1.807) is 14.2 Å². The van der Waals surface area contributed by atoms with E-state index in [2.05, 4.69) is 34.4 Å². The zero-order valence-electron chi connectivity index (χ0n) is 13.3. The highest BCUT2D eigenvalue weighted by molar-refractivity contribution is 14.0. The summed E-state index contributed by atoms with van der Waals surface area (Å²) >= 11 is 0. The van der Waals surface area contributed by atoms with Crippen LogP contribution in [0.1, 0.15) is 33.1 Å². The van der Waals surface area contributed by atoms with Gasteiger partial charge in [0, 0.05) is 39.3 Å². The van der Waals surface area contributed by atoms with E-state index in [0.29, 0.717) is 18.7 Å². The number of nitrogens with one attached hydrogen (secondary N) is 2. The number of likely N-dealkylation sites (tertiary alicyclic amines) is 1. The highest BCUT2D eigenvalue weighted by atomic mass is 127. The molecule has 0 bridgehead atoms. The standard InChI is InChI=1S/C14H30N4O.HI/c1-12-7-5-6-9-18(12)13(2)11-17-14(15-3)16-8-10-19-4;/h12-13H,5-11H2,1-4H3,(H2,15,16,17);1H. The lowest BCUT2D eigenvalue weighted by molar-refractivity contribution is 0.115. The highest BCUT2D eigenvalue weighted by Gasteiger charge is 2.22. The lowest BCUT2D eigenvalue weighted by atomic mass is 10.0. The predicted octanol–water partition coefficient (Wildman–Crippen LogP) is 1.68. The third-order valence-electron chi connectivity index (χ3n) is 3.81. The average molecular weight is 398 g/mol. The molecular formula is C14H31IN4O. The maximum atomic E-state index is 5.02. The molecule has 1 heterocycles. The molecule has 1 aliphatic rings. The molecule has 0 aromatic carbocycles. The second-order valence-electron chi connectivity index (χ2n) is 5.30. The Labute approximate surface area is 140 Å². The molecule has 1 aliphatic heterocycles. The van der Waals surface area contributed by atoms with E-state index in [-0.39, 0.29) is 24.0 Å². The van der Waals surface area contributed by atoms with Crippen molar-refractivity contribution >= 4 is 29.9 Å². The fourth-order valence-electron chi connectivity index (χ4n) is 2.63. The van der Waals surface area contributed by atoms with E-state index >= 15 is 0 Å². The van der Waals surface area contributed by atoms with Crippen LogP contribution in [0.4, 0.5) is 0 Å². The maximum Gasteiger partial charge on any atom is 0.191 e. The van der Waals surface area contributed by atoms with Crippen LogP contribution in [-0.2, 0) is 4.74 Å². The summed E-state index contributed by atoms with van der Waals surface area (Å²) in [6.07, 6.45) is 4.03. The molecule has 1 saturated heterocycles. The van der Waals surface area contributed by atoms with Crippen molar-refractivity contribution in [3.8, 4) is 0 Å². The van der Waals surface area contributed by atoms with Crippen LogP contribution >= 0.6 is 24.0 Å². The number of aliphatic imine (C=N–C) groups is 1. The van der Waals surface area contributed by atoms with Gasteiger partial charge in [0.1, 0.15) is 0 Å². The third kappa shape index (κ3) is 7.08. The van der Waals surface area contributed by atoms with Crippen LogP contribution in [0.15, 0.2) is 4.99 Å². The van der Waals surface area contributed by atoms with Gasteiger partial charge < -0.3 is 15.4 Å². The van der Waals surface area contributed by atoms with Gasteiger partial charge in [0.2, 0.25) is 0 Å². The highest BCUT2D eigenvalue weighted by Crippen LogP contribution is 2.18. The van der Waals surface area contributed by atoms with Crippen molar-refractivity contribution in [3.63, 3.8) is 0 Å². The summed E-state index contributed by atoms with van der Waals surface area (Å²) in [6, 6.07) is 1.24. The zero-order chi connectivity index (χ0) is 14.1. The van der Waals surface area contributed by atoms with Gasteiger partial charge in [-0.25, -0.2) is 0 Å². The number of halogens is 1. The molecule has 2 atom stereocenters. The minimum Gasteiger partial charge on any atom is -0.383 e. The molecule has 0 spiro atoms. The predicted molar refractivity (Wildman–Crippen MR) is 96.1 cm³/mol. The Kier molecular flexibility index (Phi) is 11.5. The summed E-state index contributed by atoms with van der Waals surface area (Å²) in [5, 5.41) is 6.62. The van der Waals surface area contributed by atoms with E-state index in [1.165, 1.54) is 25.8 Å². The van der Waals surface area contributed by atoms with Crippen molar-refractivity contribution in [1.29, 1.82) is 0 Å². The molecule has 1 rings (SSSR count). The minimum absolute atomic E-state index is 0. The molecular weight excluding hydrogens is 367 g/mol. The van der Waals surface area contributed by atoms with Crippen molar-refractivity contribution < 1.29 is 4.74 Å². The van der Waals surface area contributed by atoms with Crippen molar-refractivity contribution in [2.45, 2.75) is 45.2 Å². The molecule has 2 unspecified atom stereocenters. The van der Waals surface area contributed by atoms with Crippen LogP contribution in [0, 0.1) is 0 Å². The number of hydrogen-bond donors (Lipinski definition) is 2. The molecule has 0 aliphatic carbocycles. The topological polar surface area (TPSA) is 48.9 Å². The summed E-state index contributed by atoms with van der Waals surface area (Å²) in [7, 11) is 3.51. The van der Waals surface area contributed by atoms with Crippen LogP contribution in [0.2, 0.25) is 0 Å². The summed E-state index contributed by atoms with van der Waals surface area (Å²) in [4.78, 5) is 6.81. The van der Waals surface area contributed by atoms with Crippen molar-refractivity contribution in [1.82, 2.24) is 15.5 Å². The van der Waals surface area contributed by atoms with Gasteiger partial charge in [0.25, 0.3) is 0 Å². The number of methoxy groups -OCH3 is 1. The van der Waals surface area contributed by atoms with Crippen LogP contribution in [0.5, 0.6) is 0 Å². The SMILES string of the molecule is CN=C(NCCOC)NCC(C)N1CCCCC1C.I. The first kappa shape index (κ1) is 19.9. The fourth-order valence-corrected chi connectivity index (χ4v) is 2.63. The summed E-state index contributed by atoms with van der Waals surface area (Å²) in [6.45, 7) is 8.25. The van der Waals surface area contributed by atoms with Gasteiger partial charge >= 0.3 is 0 Å². The lowest BCUT2D eigenvalue weighted by Crippen LogP contribution is -2.50. The number of ether oxygens (including phenoxy) is 1. The zero-order valence-corrected chi connectivity index (χ0v) is 15.6. The van der Waals surface area contributed by atoms with Crippen LogP contribution in [0.3, 0.4) is 0 Å². The lowest BCUT2D eigenvalue weighted by Gasteiger charge is -2.38. The molecule has 20 heavy (non-hydrogen) atoms. The van der Waals surface area contributed by atoms with E-state index in [0.717, 1.165) is 19.0 Å². The largest absolute Gasteiger partial charge is 0.383 e. The first-order valence-electron chi connectivity index (χ1n) is 7.38. The molecule has 120 valence electrons. The van der Waals surface area contributed by atoms with Crippen LogP contribution in [0.25, 0.3) is 0 Å². The monoisotopic (exact) mass is 398 g/mol.